The van der Waals surface area contributed by atoms with Crippen molar-refractivity contribution in [2.75, 3.05) is 13.1 Å². The molecule has 1 unspecified atom stereocenters. The number of benzene rings is 1. The standard InChI is InChI=1S/C18H29FN2/c1-14-12-16(19)9-8-15(14)13-17(20)18(2,3)21-10-6-4-5-7-11-21/h8-9,12,17H,4-7,10-11,13,20H2,1-3H3. The Kier molecular flexibility index (Phi) is 5.39. The van der Waals surface area contributed by atoms with Gasteiger partial charge >= 0.3 is 0 Å². The largest absolute Gasteiger partial charge is 0.326 e. The minimum Gasteiger partial charge on any atom is -0.326 e. The number of nitrogens with two attached hydrogens (primary N) is 1. The van der Waals surface area contributed by atoms with Crippen LogP contribution in [-0.4, -0.2) is 29.6 Å². The van der Waals surface area contributed by atoms with Gasteiger partial charge in [-0.1, -0.05) is 18.9 Å². The highest BCUT2D eigenvalue weighted by atomic mass is 19.1. The molecule has 3 heteroatoms. The summed E-state index contributed by atoms with van der Waals surface area (Å²) in [5.74, 6) is -0.170. The van der Waals surface area contributed by atoms with Crippen molar-refractivity contribution in [3.05, 3.63) is 35.1 Å². The van der Waals surface area contributed by atoms with Gasteiger partial charge in [-0.15, -0.1) is 0 Å². The van der Waals surface area contributed by atoms with Crippen LogP contribution in [0.3, 0.4) is 0 Å². The van der Waals surface area contributed by atoms with E-state index in [2.05, 4.69) is 18.7 Å². The molecule has 1 fully saturated rings. The molecule has 0 spiro atoms. The van der Waals surface area contributed by atoms with E-state index >= 15 is 0 Å². The zero-order valence-electron chi connectivity index (χ0n) is 13.7. The molecule has 1 saturated heterocycles. The van der Waals surface area contributed by atoms with Gasteiger partial charge in [0.1, 0.15) is 5.82 Å². The molecule has 1 heterocycles. The fraction of sp³-hybridized carbons (Fsp3) is 0.667. The predicted octanol–water partition coefficient (Wildman–Crippen LogP) is 3.66. The highest BCUT2D eigenvalue weighted by molar-refractivity contribution is 5.28. The summed E-state index contributed by atoms with van der Waals surface area (Å²) in [5, 5.41) is 0. The predicted molar refractivity (Wildman–Crippen MR) is 86.9 cm³/mol. The van der Waals surface area contributed by atoms with Gasteiger partial charge in [-0.2, -0.15) is 0 Å². The Balaban J connectivity index is 2.07. The lowest BCUT2D eigenvalue weighted by atomic mass is 9.87. The summed E-state index contributed by atoms with van der Waals surface area (Å²) in [6.45, 7) is 8.75. The van der Waals surface area contributed by atoms with Gasteiger partial charge in [-0.3, -0.25) is 4.90 Å². The van der Waals surface area contributed by atoms with Gasteiger partial charge < -0.3 is 5.73 Å². The molecule has 118 valence electrons. The summed E-state index contributed by atoms with van der Waals surface area (Å²) in [4.78, 5) is 2.55. The minimum atomic E-state index is -0.170. The van der Waals surface area contributed by atoms with E-state index in [0.717, 1.165) is 30.6 Å². The second kappa shape index (κ2) is 6.89. The van der Waals surface area contributed by atoms with E-state index in [1.54, 1.807) is 6.07 Å². The van der Waals surface area contributed by atoms with E-state index < -0.39 is 0 Å². The average molecular weight is 292 g/mol. The third-order valence-corrected chi connectivity index (χ3v) is 5.07. The molecule has 0 radical (unpaired) electrons. The summed E-state index contributed by atoms with van der Waals surface area (Å²) in [5.41, 5.74) is 8.67. The van der Waals surface area contributed by atoms with Gasteiger partial charge in [0.2, 0.25) is 0 Å². The highest BCUT2D eigenvalue weighted by Gasteiger charge is 2.33. The van der Waals surface area contributed by atoms with Crippen LogP contribution in [0.1, 0.15) is 50.7 Å². The lowest BCUT2D eigenvalue weighted by Crippen LogP contribution is -2.57. The Labute approximate surface area is 128 Å². The van der Waals surface area contributed by atoms with Crippen molar-refractivity contribution < 1.29 is 4.39 Å². The van der Waals surface area contributed by atoms with Crippen molar-refractivity contribution in [2.24, 2.45) is 5.73 Å². The fourth-order valence-electron chi connectivity index (χ4n) is 3.26. The van der Waals surface area contributed by atoms with Crippen molar-refractivity contribution >= 4 is 0 Å². The van der Waals surface area contributed by atoms with Crippen LogP contribution in [0.4, 0.5) is 4.39 Å². The quantitative estimate of drug-likeness (QED) is 0.917. The fourth-order valence-corrected chi connectivity index (χ4v) is 3.26. The Hall–Kier alpha value is -0.930. The number of aryl methyl sites for hydroxylation is 1. The first-order valence-electron chi connectivity index (χ1n) is 8.17. The maximum atomic E-state index is 13.2. The Morgan fingerprint density at radius 1 is 1.19 bits per heavy atom. The molecule has 2 rings (SSSR count). The molecule has 0 aromatic heterocycles. The summed E-state index contributed by atoms with van der Waals surface area (Å²) in [6, 6.07) is 5.07. The van der Waals surface area contributed by atoms with Gasteiger partial charge in [0.25, 0.3) is 0 Å². The second-order valence-electron chi connectivity index (χ2n) is 6.94. The minimum absolute atomic E-state index is 0.0227. The number of nitrogens with zero attached hydrogens (tertiary/aromatic N) is 1. The maximum Gasteiger partial charge on any atom is 0.123 e. The smallest absolute Gasteiger partial charge is 0.123 e. The van der Waals surface area contributed by atoms with Crippen molar-refractivity contribution in [1.29, 1.82) is 0 Å². The summed E-state index contributed by atoms with van der Waals surface area (Å²) < 4.78 is 13.2. The molecule has 0 bridgehead atoms. The van der Waals surface area contributed by atoms with Crippen LogP contribution in [0.2, 0.25) is 0 Å². The number of hydrogen-bond acceptors (Lipinski definition) is 2. The number of hydrogen-bond donors (Lipinski definition) is 1. The maximum absolute atomic E-state index is 13.2. The zero-order valence-corrected chi connectivity index (χ0v) is 13.7. The number of rotatable bonds is 4. The van der Waals surface area contributed by atoms with Crippen LogP contribution < -0.4 is 5.73 Å². The van der Waals surface area contributed by atoms with Gasteiger partial charge in [-0.05, 0) is 76.4 Å². The molecule has 0 aliphatic carbocycles. The van der Waals surface area contributed by atoms with Gasteiger partial charge in [-0.25, -0.2) is 4.39 Å². The highest BCUT2D eigenvalue weighted by Crippen LogP contribution is 2.25. The van der Waals surface area contributed by atoms with Gasteiger partial charge in [0.15, 0.2) is 0 Å². The molecule has 1 atom stereocenters. The van der Waals surface area contributed by atoms with Crippen molar-refractivity contribution in [2.45, 2.75) is 64.5 Å². The Bertz CT molecular complexity index is 462. The second-order valence-corrected chi connectivity index (χ2v) is 6.94. The first-order valence-corrected chi connectivity index (χ1v) is 8.17. The first-order chi connectivity index (χ1) is 9.91. The van der Waals surface area contributed by atoms with E-state index in [1.165, 1.54) is 31.7 Å². The molecular weight excluding hydrogens is 263 g/mol. The SMILES string of the molecule is Cc1cc(F)ccc1CC(N)C(C)(C)N1CCCCCC1. The number of halogens is 1. The van der Waals surface area contributed by atoms with Crippen molar-refractivity contribution in [1.82, 2.24) is 4.90 Å². The number of likely N-dealkylation sites (tertiary alicyclic amines) is 1. The van der Waals surface area contributed by atoms with E-state index in [-0.39, 0.29) is 17.4 Å². The molecule has 1 aromatic carbocycles. The molecule has 0 saturated carbocycles. The first kappa shape index (κ1) is 16.4. The summed E-state index contributed by atoms with van der Waals surface area (Å²) in [6.07, 6.45) is 6.00. The van der Waals surface area contributed by atoms with Crippen LogP contribution in [0.25, 0.3) is 0 Å². The van der Waals surface area contributed by atoms with Crippen LogP contribution >= 0.6 is 0 Å². The molecular formula is C18H29FN2. The van der Waals surface area contributed by atoms with Crippen molar-refractivity contribution in [3.8, 4) is 0 Å². The van der Waals surface area contributed by atoms with E-state index in [0.29, 0.717) is 0 Å². The van der Waals surface area contributed by atoms with E-state index in [4.69, 9.17) is 5.73 Å². The molecule has 1 aromatic rings. The third-order valence-electron chi connectivity index (χ3n) is 5.07. The van der Waals surface area contributed by atoms with Crippen molar-refractivity contribution in [3.63, 3.8) is 0 Å². The lowest BCUT2D eigenvalue weighted by molar-refractivity contribution is 0.0978. The van der Waals surface area contributed by atoms with Crippen LogP contribution in [0, 0.1) is 12.7 Å². The van der Waals surface area contributed by atoms with Gasteiger partial charge in [0.05, 0.1) is 0 Å². The summed E-state index contributed by atoms with van der Waals surface area (Å²) >= 11 is 0. The van der Waals surface area contributed by atoms with Crippen LogP contribution in [0.15, 0.2) is 18.2 Å². The third kappa shape index (κ3) is 4.04. The monoisotopic (exact) mass is 292 g/mol. The molecule has 1 aliphatic rings. The topological polar surface area (TPSA) is 29.3 Å². The van der Waals surface area contributed by atoms with Crippen LogP contribution in [-0.2, 0) is 6.42 Å². The Morgan fingerprint density at radius 2 is 1.81 bits per heavy atom. The van der Waals surface area contributed by atoms with E-state index in [1.807, 2.05) is 13.0 Å². The molecule has 0 amide bonds. The normalized spacial score (nSPS) is 19.3. The molecule has 2 nitrogen and oxygen atoms in total. The molecule has 2 N–H and O–H groups in total. The summed E-state index contributed by atoms with van der Waals surface area (Å²) in [7, 11) is 0. The van der Waals surface area contributed by atoms with Gasteiger partial charge in [0, 0.05) is 11.6 Å². The Morgan fingerprint density at radius 3 is 2.38 bits per heavy atom. The van der Waals surface area contributed by atoms with E-state index in [9.17, 15) is 4.39 Å². The molecule has 21 heavy (non-hydrogen) atoms. The molecule has 1 aliphatic heterocycles. The lowest BCUT2D eigenvalue weighted by Gasteiger charge is -2.42. The van der Waals surface area contributed by atoms with Crippen LogP contribution in [0.5, 0.6) is 0 Å². The zero-order chi connectivity index (χ0) is 15.5. The average Bonchev–Trinajstić information content (AvgIpc) is 2.71.